The minimum absolute atomic E-state index is 0.546. The molecule has 2 unspecified atom stereocenters. The van der Waals surface area contributed by atoms with Crippen molar-refractivity contribution >= 4 is 15.9 Å². The van der Waals surface area contributed by atoms with Crippen molar-refractivity contribution in [2.24, 2.45) is 11.3 Å². The Bertz CT molecular complexity index is 144. The molecule has 0 aromatic rings. The van der Waals surface area contributed by atoms with Crippen LogP contribution in [0.1, 0.15) is 33.1 Å². The Kier molecular flexibility index (Phi) is 0.958. The first-order valence-electron chi connectivity index (χ1n) is 3.75. The third-order valence-corrected chi connectivity index (χ3v) is 5.38. The molecule has 3 saturated carbocycles. The Labute approximate surface area is 65.1 Å². The van der Waals surface area contributed by atoms with E-state index in [4.69, 9.17) is 0 Å². The van der Waals surface area contributed by atoms with Crippen molar-refractivity contribution in [3.63, 3.8) is 0 Å². The fourth-order valence-electron chi connectivity index (χ4n) is 2.43. The summed E-state index contributed by atoms with van der Waals surface area (Å²) in [5.74, 6) is 1.02. The fourth-order valence-corrected chi connectivity index (χ4v) is 3.38. The molecule has 2 atom stereocenters. The molecule has 0 nitrogen and oxygen atoms in total. The van der Waals surface area contributed by atoms with Gasteiger partial charge in [-0.3, -0.25) is 0 Å². The molecule has 52 valence electrons. The first-order valence-corrected chi connectivity index (χ1v) is 4.54. The van der Waals surface area contributed by atoms with Crippen LogP contribution in [0.5, 0.6) is 0 Å². The number of hydrogen-bond donors (Lipinski definition) is 0. The first kappa shape index (κ1) is 6.21. The Morgan fingerprint density at radius 1 is 1.44 bits per heavy atom. The molecular formula is C8H13Br. The van der Waals surface area contributed by atoms with Crippen LogP contribution in [0, 0.1) is 11.3 Å². The summed E-state index contributed by atoms with van der Waals surface area (Å²) < 4.78 is 0.546. The zero-order chi connectivity index (χ0) is 6.70. The Morgan fingerprint density at radius 3 is 2.22 bits per heavy atom. The van der Waals surface area contributed by atoms with Crippen LogP contribution < -0.4 is 0 Å². The summed E-state index contributed by atoms with van der Waals surface area (Å²) in [6.45, 7) is 4.78. The monoisotopic (exact) mass is 188 g/mol. The van der Waals surface area contributed by atoms with Crippen molar-refractivity contribution in [1.29, 1.82) is 0 Å². The Hall–Kier alpha value is 0.480. The predicted octanol–water partition coefficient (Wildman–Crippen LogP) is 2.96. The molecule has 1 heteroatoms. The smallest absolute Gasteiger partial charge is 0.0314 e. The summed E-state index contributed by atoms with van der Waals surface area (Å²) in [6.07, 6.45) is 4.29. The van der Waals surface area contributed by atoms with Gasteiger partial charge in [0.15, 0.2) is 0 Å². The Balaban J connectivity index is 2.32. The molecule has 0 aliphatic heterocycles. The highest BCUT2D eigenvalue weighted by molar-refractivity contribution is 9.10. The van der Waals surface area contributed by atoms with Gasteiger partial charge in [0.2, 0.25) is 0 Å². The molecule has 9 heavy (non-hydrogen) atoms. The topological polar surface area (TPSA) is 0 Å². The van der Waals surface area contributed by atoms with E-state index in [1.165, 1.54) is 19.3 Å². The molecular weight excluding hydrogens is 176 g/mol. The van der Waals surface area contributed by atoms with Crippen molar-refractivity contribution in [1.82, 2.24) is 0 Å². The molecule has 0 saturated heterocycles. The summed E-state index contributed by atoms with van der Waals surface area (Å²) in [5, 5.41) is 0. The highest BCUT2D eigenvalue weighted by atomic mass is 79.9. The van der Waals surface area contributed by atoms with Crippen LogP contribution in [-0.2, 0) is 0 Å². The van der Waals surface area contributed by atoms with Crippen LogP contribution in [0.2, 0.25) is 0 Å². The van der Waals surface area contributed by atoms with Crippen LogP contribution in [0.3, 0.4) is 0 Å². The van der Waals surface area contributed by atoms with E-state index in [2.05, 4.69) is 29.8 Å². The van der Waals surface area contributed by atoms with Crippen molar-refractivity contribution < 1.29 is 0 Å². The third kappa shape index (κ3) is 0.508. The molecule has 0 amide bonds. The van der Waals surface area contributed by atoms with Crippen LogP contribution in [0.4, 0.5) is 0 Å². The van der Waals surface area contributed by atoms with Gasteiger partial charge in [0.05, 0.1) is 0 Å². The normalized spacial score (nSPS) is 53.0. The molecule has 0 N–H and O–H groups in total. The molecule has 0 radical (unpaired) electrons. The standard InChI is InChI=1S/C8H13Br/c1-7(2)6-3-4-8(7,9)5-6/h6H,3-5H2,1-2H3. The number of hydrogen-bond acceptors (Lipinski definition) is 0. The van der Waals surface area contributed by atoms with Gasteiger partial charge in [-0.05, 0) is 30.6 Å². The van der Waals surface area contributed by atoms with E-state index in [0.717, 1.165) is 5.92 Å². The average Bonchev–Trinajstić information content (AvgIpc) is 2.21. The van der Waals surface area contributed by atoms with Crippen LogP contribution in [0.25, 0.3) is 0 Å². The maximum atomic E-state index is 3.83. The maximum absolute atomic E-state index is 3.83. The largest absolute Gasteiger partial charge is 0.0847 e. The lowest BCUT2D eigenvalue weighted by Crippen LogP contribution is -2.48. The van der Waals surface area contributed by atoms with Gasteiger partial charge < -0.3 is 0 Å². The highest BCUT2D eigenvalue weighted by Crippen LogP contribution is 2.68. The van der Waals surface area contributed by atoms with Crippen molar-refractivity contribution in [2.45, 2.75) is 37.4 Å². The third-order valence-electron chi connectivity index (χ3n) is 3.63. The van der Waals surface area contributed by atoms with Crippen LogP contribution >= 0.6 is 15.9 Å². The molecule has 2 bridgehead atoms. The zero-order valence-electron chi connectivity index (χ0n) is 6.08. The highest BCUT2D eigenvalue weighted by Gasteiger charge is 2.62. The van der Waals surface area contributed by atoms with Gasteiger partial charge >= 0.3 is 0 Å². The van der Waals surface area contributed by atoms with E-state index in [0.29, 0.717) is 9.74 Å². The average molecular weight is 189 g/mol. The predicted molar refractivity (Wildman–Crippen MR) is 42.8 cm³/mol. The second-order valence-corrected chi connectivity index (χ2v) is 5.64. The fraction of sp³-hybridized carbons (Fsp3) is 1.00. The van der Waals surface area contributed by atoms with E-state index >= 15 is 0 Å². The first-order chi connectivity index (χ1) is 4.06. The lowest BCUT2D eigenvalue weighted by Gasteiger charge is -2.51. The van der Waals surface area contributed by atoms with E-state index in [-0.39, 0.29) is 0 Å². The van der Waals surface area contributed by atoms with Crippen molar-refractivity contribution in [2.75, 3.05) is 0 Å². The van der Waals surface area contributed by atoms with Gasteiger partial charge in [-0.2, -0.15) is 0 Å². The molecule has 3 aliphatic rings. The number of alkyl halides is 1. The van der Waals surface area contributed by atoms with Gasteiger partial charge in [0.25, 0.3) is 0 Å². The quantitative estimate of drug-likeness (QED) is 0.514. The van der Waals surface area contributed by atoms with Gasteiger partial charge in [-0.1, -0.05) is 29.8 Å². The minimum Gasteiger partial charge on any atom is -0.0847 e. The van der Waals surface area contributed by atoms with Crippen LogP contribution in [0.15, 0.2) is 0 Å². The second-order valence-electron chi connectivity index (χ2n) is 4.13. The van der Waals surface area contributed by atoms with Crippen molar-refractivity contribution in [3.8, 4) is 0 Å². The minimum atomic E-state index is 0.546. The Morgan fingerprint density at radius 2 is 2.11 bits per heavy atom. The van der Waals surface area contributed by atoms with Gasteiger partial charge in [0.1, 0.15) is 0 Å². The number of halogens is 1. The summed E-state index contributed by atoms with van der Waals surface area (Å²) in [6, 6.07) is 0. The van der Waals surface area contributed by atoms with E-state index in [1.807, 2.05) is 0 Å². The molecule has 0 aromatic carbocycles. The number of rotatable bonds is 0. The summed E-state index contributed by atoms with van der Waals surface area (Å²) in [5.41, 5.74) is 0.604. The van der Waals surface area contributed by atoms with Gasteiger partial charge in [0, 0.05) is 4.32 Å². The van der Waals surface area contributed by atoms with E-state index in [1.54, 1.807) is 0 Å². The zero-order valence-corrected chi connectivity index (χ0v) is 7.66. The molecule has 0 heterocycles. The van der Waals surface area contributed by atoms with Crippen molar-refractivity contribution in [3.05, 3.63) is 0 Å². The summed E-state index contributed by atoms with van der Waals surface area (Å²) in [4.78, 5) is 0. The van der Waals surface area contributed by atoms with E-state index in [9.17, 15) is 0 Å². The lowest BCUT2D eigenvalue weighted by atomic mass is 9.61. The lowest BCUT2D eigenvalue weighted by molar-refractivity contribution is 0.0867. The summed E-state index contributed by atoms with van der Waals surface area (Å²) >= 11 is 3.83. The van der Waals surface area contributed by atoms with Crippen LogP contribution in [-0.4, -0.2) is 4.32 Å². The van der Waals surface area contributed by atoms with Gasteiger partial charge in [-0.25, -0.2) is 0 Å². The molecule has 3 rings (SSSR count). The number of fused-ring (bicyclic) bond motifs is 1. The van der Waals surface area contributed by atoms with Gasteiger partial charge in [-0.15, -0.1) is 0 Å². The SMILES string of the molecule is CC1(C)C2CCC1(Br)C2. The summed E-state index contributed by atoms with van der Waals surface area (Å²) in [7, 11) is 0. The van der Waals surface area contributed by atoms with E-state index < -0.39 is 0 Å². The molecule has 3 fully saturated rings. The second kappa shape index (κ2) is 1.39. The molecule has 3 aliphatic carbocycles. The maximum Gasteiger partial charge on any atom is 0.0314 e. The molecule has 0 aromatic heterocycles. The molecule has 0 spiro atoms.